The molecule has 3 nitrogen and oxygen atoms in total. The Bertz CT molecular complexity index is 580. The van der Waals surface area contributed by atoms with Crippen LogP contribution in [0.2, 0.25) is 0 Å². The van der Waals surface area contributed by atoms with E-state index in [1.165, 1.54) is 22.5 Å². The maximum Gasteiger partial charge on any atom is 0.243 e. The van der Waals surface area contributed by atoms with Crippen LogP contribution in [0.3, 0.4) is 0 Å². The molecule has 0 radical (unpaired) electrons. The summed E-state index contributed by atoms with van der Waals surface area (Å²) in [5.41, 5.74) is 2.48. The molecule has 0 aliphatic rings. The SMILES string of the molecule is Cc1cccc(Cc2cnc(NC(=O)C(C)Cl)s2)c1. The Morgan fingerprint density at radius 2 is 2.32 bits per heavy atom. The molecule has 1 heterocycles. The summed E-state index contributed by atoms with van der Waals surface area (Å²) in [5.74, 6) is -0.224. The molecule has 0 fully saturated rings. The number of carbonyl (C=O) groups is 1. The number of benzene rings is 1. The zero-order chi connectivity index (χ0) is 13.8. The lowest BCUT2D eigenvalue weighted by molar-refractivity contribution is -0.115. The largest absolute Gasteiger partial charge is 0.301 e. The number of thiazole rings is 1. The van der Waals surface area contributed by atoms with Gasteiger partial charge in [-0.2, -0.15) is 0 Å². The van der Waals surface area contributed by atoms with Crippen LogP contribution >= 0.6 is 22.9 Å². The number of aromatic nitrogens is 1. The van der Waals surface area contributed by atoms with E-state index in [1.54, 1.807) is 13.1 Å². The second-order valence-corrected chi connectivity index (χ2v) is 6.17. The first-order valence-corrected chi connectivity index (χ1v) is 7.25. The van der Waals surface area contributed by atoms with E-state index >= 15 is 0 Å². The number of hydrogen-bond donors (Lipinski definition) is 1. The van der Waals surface area contributed by atoms with E-state index in [9.17, 15) is 4.79 Å². The van der Waals surface area contributed by atoms with Crippen molar-refractivity contribution in [2.75, 3.05) is 5.32 Å². The monoisotopic (exact) mass is 294 g/mol. The van der Waals surface area contributed by atoms with Gasteiger partial charge in [0, 0.05) is 17.5 Å². The first kappa shape index (κ1) is 14.0. The lowest BCUT2D eigenvalue weighted by Gasteiger charge is -2.02. The summed E-state index contributed by atoms with van der Waals surface area (Å²) < 4.78 is 0. The average Bonchev–Trinajstić information content (AvgIpc) is 2.76. The standard InChI is InChI=1S/C14H15ClN2OS/c1-9-4-3-5-11(6-9)7-12-8-16-14(19-12)17-13(18)10(2)15/h3-6,8,10H,7H2,1-2H3,(H,16,17,18). The third-order valence-electron chi connectivity index (χ3n) is 2.61. The average molecular weight is 295 g/mol. The molecule has 1 atom stereocenters. The summed E-state index contributed by atoms with van der Waals surface area (Å²) in [6.07, 6.45) is 2.62. The maximum atomic E-state index is 11.4. The molecule has 2 aromatic rings. The summed E-state index contributed by atoms with van der Waals surface area (Å²) >= 11 is 7.17. The van der Waals surface area contributed by atoms with Gasteiger partial charge in [0.15, 0.2) is 5.13 Å². The van der Waals surface area contributed by atoms with Gasteiger partial charge in [0.1, 0.15) is 5.38 Å². The zero-order valence-corrected chi connectivity index (χ0v) is 12.4. The van der Waals surface area contributed by atoms with Crippen molar-refractivity contribution in [3.8, 4) is 0 Å². The topological polar surface area (TPSA) is 42.0 Å². The van der Waals surface area contributed by atoms with E-state index in [1.807, 2.05) is 6.07 Å². The third kappa shape index (κ3) is 4.04. The van der Waals surface area contributed by atoms with E-state index in [0.717, 1.165) is 11.3 Å². The predicted octanol–water partition coefficient (Wildman–Crippen LogP) is 3.61. The second-order valence-electron chi connectivity index (χ2n) is 4.40. The fourth-order valence-corrected chi connectivity index (χ4v) is 2.58. The van der Waals surface area contributed by atoms with Crippen LogP contribution < -0.4 is 5.32 Å². The van der Waals surface area contributed by atoms with Gasteiger partial charge < -0.3 is 5.32 Å². The van der Waals surface area contributed by atoms with Crippen LogP contribution in [-0.2, 0) is 11.2 Å². The molecule has 1 aromatic heterocycles. The molecule has 1 N–H and O–H groups in total. The molecular formula is C14H15ClN2OS. The van der Waals surface area contributed by atoms with Crippen molar-refractivity contribution in [3.05, 3.63) is 46.5 Å². The number of alkyl halides is 1. The number of amides is 1. The third-order valence-corrected chi connectivity index (χ3v) is 3.72. The van der Waals surface area contributed by atoms with Crippen molar-refractivity contribution in [1.82, 2.24) is 4.98 Å². The van der Waals surface area contributed by atoms with Gasteiger partial charge in [-0.1, -0.05) is 29.8 Å². The van der Waals surface area contributed by atoms with Gasteiger partial charge >= 0.3 is 0 Å². The van der Waals surface area contributed by atoms with Gasteiger partial charge in [-0.3, -0.25) is 4.79 Å². The number of aryl methyl sites for hydroxylation is 1. The van der Waals surface area contributed by atoms with Gasteiger partial charge in [-0.25, -0.2) is 4.98 Å². The van der Waals surface area contributed by atoms with Gasteiger partial charge in [-0.05, 0) is 19.4 Å². The number of anilines is 1. The Kier molecular flexibility index (Phi) is 4.56. The Morgan fingerprint density at radius 3 is 3.00 bits per heavy atom. The molecule has 0 saturated carbocycles. The molecule has 19 heavy (non-hydrogen) atoms. The summed E-state index contributed by atoms with van der Waals surface area (Å²) in [5, 5.41) is 2.74. The Balaban J connectivity index is 2.03. The highest BCUT2D eigenvalue weighted by Crippen LogP contribution is 2.21. The van der Waals surface area contributed by atoms with Crippen molar-refractivity contribution in [1.29, 1.82) is 0 Å². The maximum absolute atomic E-state index is 11.4. The fraction of sp³-hybridized carbons (Fsp3) is 0.286. The smallest absolute Gasteiger partial charge is 0.243 e. The summed E-state index contributed by atoms with van der Waals surface area (Å²) in [7, 11) is 0. The van der Waals surface area contributed by atoms with Crippen molar-refractivity contribution in [2.24, 2.45) is 0 Å². The van der Waals surface area contributed by atoms with Crippen molar-refractivity contribution in [2.45, 2.75) is 25.6 Å². The number of carbonyl (C=O) groups excluding carboxylic acids is 1. The van der Waals surface area contributed by atoms with E-state index < -0.39 is 5.38 Å². The fourth-order valence-electron chi connectivity index (χ4n) is 1.68. The molecule has 2 rings (SSSR count). The van der Waals surface area contributed by atoms with Gasteiger partial charge in [0.2, 0.25) is 5.91 Å². The molecule has 0 spiro atoms. The van der Waals surface area contributed by atoms with Gasteiger partial charge in [-0.15, -0.1) is 22.9 Å². The van der Waals surface area contributed by atoms with E-state index in [4.69, 9.17) is 11.6 Å². The van der Waals surface area contributed by atoms with E-state index in [2.05, 4.69) is 35.4 Å². The number of rotatable bonds is 4. The molecule has 100 valence electrons. The van der Waals surface area contributed by atoms with Crippen LogP contribution in [0.5, 0.6) is 0 Å². The first-order valence-electron chi connectivity index (χ1n) is 6.00. The zero-order valence-electron chi connectivity index (χ0n) is 10.8. The van der Waals surface area contributed by atoms with Gasteiger partial charge in [0.25, 0.3) is 0 Å². The van der Waals surface area contributed by atoms with Crippen LogP contribution in [-0.4, -0.2) is 16.3 Å². The molecule has 0 bridgehead atoms. The quantitative estimate of drug-likeness (QED) is 0.875. The minimum Gasteiger partial charge on any atom is -0.301 e. The normalized spacial score (nSPS) is 12.2. The highest BCUT2D eigenvalue weighted by atomic mass is 35.5. The first-order chi connectivity index (χ1) is 9.04. The van der Waals surface area contributed by atoms with Crippen molar-refractivity contribution in [3.63, 3.8) is 0 Å². The predicted molar refractivity (Wildman–Crippen MR) is 80.0 cm³/mol. The number of nitrogens with one attached hydrogen (secondary N) is 1. The Labute approximate surface area is 121 Å². The van der Waals surface area contributed by atoms with E-state index in [0.29, 0.717) is 5.13 Å². The summed E-state index contributed by atoms with van der Waals surface area (Å²) in [6.45, 7) is 3.71. The molecular weight excluding hydrogens is 280 g/mol. The molecule has 1 aromatic carbocycles. The molecule has 1 unspecified atom stereocenters. The van der Waals surface area contributed by atoms with Crippen LogP contribution in [0.25, 0.3) is 0 Å². The van der Waals surface area contributed by atoms with Crippen LogP contribution in [0.4, 0.5) is 5.13 Å². The highest BCUT2D eigenvalue weighted by Gasteiger charge is 2.11. The molecule has 0 aliphatic heterocycles. The highest BCUT2D eigenvalue weighted by molar-refractivity contribution is 7.15. The minimum absolute atomic E-state index is 0.224. The summed E-state index contributed by atoms with van der Waals surface area (Å²) in [6, 6.07) is 8.36. The molecule has 1 amide bonds. The second kappa shape index (κ2) is 6.17. The molecule has 0 saturated heterocycles. The number of nitrogens with zero attached hydrogens (tertiary/aromatic N) is 1. The van der Waals surface area contributed by atoms with E-state index in [-0.39, 0.29) is 5.91 Å². The Morgan fingerprint density at radius 1 is 1.53 bits per heavy atom. The minimum atomic E-state index is -0.552. The van der Waals surface area contributed by atoms with Crippen molar-refractivity contribution < 1.29 is 4.79 Å². The van der Waals surface area contributed by atoms with Crippen LogP contribution in [0.1, 0.15) is 22.9 Å². The number of halogens is 1. The van der Waals surface area contributed by atoms with Gasteiger partial charge in [0.05, 0.1) is 0 Å². The van der Waals surface area contributed by atoms with Crippen molar-refractivity contribution >= 4 is 34.0 Å². The Hall–Kier alpha value is -1.39. The van der Waals surface area contributed by atoms with Crippen LogP contribution in [0.15, 0.2) is 30.5 Å². The molecule has 5 heteroatoms. The van der Waals surface area contributed by atoms with Crippen LogP contribution in [0, 0.1) is 6.92 Å². The lowest BCUT2D eigenvalue weighted by Crippen LogP contribution is -2.19. The molecule has 0 aliphatic carbocycles. The number of hydrogen-bond acceptors (Lipinski definition) is 3. The summed E-state index contributed by atoms with van der Waals surface area (Å²) in [4.78, 5) is 16.7. The lowest BCUT2D eigenvalue weighted by atomic mass is 10.1.